The molecule has 35 heavy (non-hydrogen) atoms. The minimum absolute atomic E-state index is 0.0146. The number of rotatable bonds is 9. The van der Waals surface area contributed by atoms with Gasteiger partial charge in [-0.25, -0.2) is 13.1 Å². The zero-order valence-corrected chi connectivity index (χ0v) is 19.6. The van der Waals surface area contributed by atoms with Gasteiger partial charge in [-0.15, -0.1) is 0 Å². The molecule has 2 aromatic carbocycles. The van der Waals surface area contributed by atoms with Gasteiger partial charge in [-0.1, -0.05) is 12.1 Å². The molecule has 0 radical (unpaired) electrons. The highest BCUT2D eigenvalue weighted by molar-refractivity contribution is 7.89. The number of carbonyl (C=O) groups excluding carboxylic acids is 2. The van der Waals surface area contributed by atoms with E-state index >= 15 is 0 Å². The van der Waals surface area contributed by atoms with Crippen molar-refractivity contribution >= 4 is 27.5 Å². The molecule has 0 aliphatic carbocycles. The molecule has 0 saturated carbocycles. The van der Waals surface area contributed by atoms with E-state index in [4.69, 9.17) is 13.9 Å². The van der Waals surface area contributed by atoms with Gasteiger partial charge < -0.3 is 24.5 Å². The Morgan fingerprint density at radius 1 is 0.943 bits per heavy atom. The molecule has 3 aromatic rings. The van der Waals surface area contributed by atoms with Crippen LogP contribution in [-0.2, 0) is 21.4 Å². The van der Waals surface area contributed by atoms with Crippen LogP contribution in [0.25, 0.3) is 0 Å². The number of amides is 2. The molecule has 0 bridgehead atoms. The van der Waals surface area contributed by atoms with Crippen LogP contribution in [0, 0.1) is 0 Å². The van der Waals surface area contributed by atoms with Crippen LogP contribution in [0.2, 0.25) is 0 Å². The summed E-state index contributed by atoms with van der Waals surface area (Å²) in [6.07, 6.45) is 2.09. The number of benzene rings is 2. The molecule has 1 aliphatic heterocycles. The van der Waals surface area contributed by atoms with Crippen LogP contribution in [-0.4, -0.2) is 40.0 Å². The highest BCUT2D eigenvalue weighted by atomic mass is 32.2. The minimum Gasteiger partial charge on any atom is -0.490 e. The van der Waals surface area contributed by atoms with E-state index in [0.29, 0.717) is 42.6 Å². The van der Waals surface area contributed by atoms with Crippen LogP contribution in [0.5, 0.6) is 11.5 Å². The standard InChI is InChI=1S/C24H25N3O7S/c28-23(27-20-7-2-1-6-19(20)24(29)25-16-17-5-3-12-32-17)10-11-26-35(30,31)18-8-9-21-22(15-18)34-14-4-13-33-21/h1-3,5-9,12,15,26H,4,10-11,13-14,16H2,(H,25,29)(H,27,28). The fourth-order valence-electron chi connectivity index (χ4n) is 3.37. The summed E-state index contributed by atoms with van der Waals surface area (Å²) >= 11 is 0. The third-order valence-corrected chi connectivity index (χ3v) is 6.58. The largest absolute Gasteiger partial charge is 0.490 e. The number of ether oxygens (including phenoxy) is 2. The minimum atomic E-state index is -3.86. The molecule has 0 fully saturated rings. The van der Waals surface area contributed by atoms with Crippen LogP contribution in [0.1, 0.15) is 29.0 Å². The molecule has 0 spiro atoms. The summed E-state index contributed by atoms with van der Waals surface area (Å²) in [5, 5.41) is 5.39. The van der Waals surface area contributed by atoms with Crippen LogP contribution >= 0.6 is 0 Å². The fourth-order valence-corrected chi connectivity index (χ4v) is 4.42. The summed E-state index contributed by atoms with van der Waals surface area (Å²) in [6, 6.07) is 14.4. The predicted octanol–water partition coefficient (Wildman–Crippen LogP) is 2.68. The second-order valence-electron chi connectivity index (χ2n) is 7.66. The first-order chi connectivity index (χ1) is 16.9. The number of carbonyl (C=O) groups is 2. The SMILES string of the molecule is O=C(CCNS(=O)(=O)c1ccc2c(c1)OCCCO2)Nc1ccccc1C(=O)NCc1ccco1. The van der Waals surface area contributed by atoms with Gasteiger partial charge in [0, 0.05) is 25.5 Å². The van der Waals surface area contributed by atoms with Crippen molar-refractivity contribution < 1.29 is 31.9 Å². The highest BCUT2D eigenvalue weighted by Gasteiger charge is 2.19. The predicted molar refractivity (Wildman–Crippen MR) is 127 cm³/mol. The first-order valence-corrected chi connectivity index (χ1v) is 12.5. The molecule has 0 saturated heterocycles. The molecular formula is C24H25N3O7S. The number of fused-ring (bicyclic) bond motifs is 1. The molecule has 0 atom stereocenters. The average Bonchev–Trinajstić information content (AvgIpc) is 3.26. The number of furan rings is 1. The Bertz CT molecular complexity index is 1290. The van der Waals surface area contributed by atoms with Crippen molar-refractivity contribution in [1.29, 1.82) is 0 Å². The van der Waals surface area contributed by atoms with Crippen molar-refractivity contribution in [2.45, 2.75) is 24.3 Å². The van der Waals surface area contributed by atoms with Gasteiger partial charge in [0.25, 0.3) is 5.91 Å². The van der Waals surface area contributed by atoms with Crippen LogP contribution in [0.15, 0.2) is 70.2 Å². The van der Waals surface area contributed by atoms with Gasteiger partial charge in [-0.3, -0.25) is 9.59 Å². The number of anilines is 1. The molecule has 0 unspecified atom stereocenters. The second-order valence-corrected chi connectivity index (χ2v) is 9.43. The summed E-state index contributed by atoms with van der Waals surface area (Å²) in [5.41, 5.74) is 0.598. The van der Waals surface area contributed by atoms with E-state index in [2.05, 4.69) is 15.4 Å². The Hall–Kier alpha value is -3.83. The first kappa shape index (κ1) is 24.3. The third kappa shape index (κ3) is 6.40. The van der Waals surface area contributed by atoms with Crippen molar-refractivity contribution in [2.75, 3.05) is 25.1 Å². The lowest BCUT2D eigenvalue weighted by molar-refractivity contribution is -0.116. The number of para-hydroxylation sites is 1. The van der Waals surface area contributed by atoms with Crippen molar-refractivity contribution in [3.63, 3.8) is 0 Å². The van der Waals surface area contributed by atoms with Crippen LogP contribution < -0.4 is 24.8 Å². The Balaban J connectivity index is 1.32. The molecule has 1 aliphatic rings. The number of hydrogen-bond acceptors (Lipinski definition) is 7. The molecular weight excluding hydrogens is 474 g/mol. The molecule has 10 nitrogen and oxygen atoms in total. The molecule has 1 aromatic heterocycles. The van der Waals surface area contributed by atoms with E-state index < -0.39 is 15.9 Å². The van der Waals surface area contributed by atoms with Crippen LogP contribution in [0.4, 0.5) is 5.69 Å². The highest BCUT2D eigenvalue weighted by Crippen LogP contribution is 2.31. The Labute approximate surface area is 202 Å². The fraction of sp³-hybridized carbons (Fsp3) is 0.250. The maximum absolute atomic E-state index is 12.7. The lowest BCUT2D eigenvalue weighted by Crippen LogP contribution is -2.28. The third-order valence-electron chi connectivity index (χ3n) is 5.12. The molecule has 2 heterocycles. The van der Waals surface area contributed by atoms with Crippen molar-refractivity contribution in [2.24, 2.45) is 0 Å². The van der Waals surface area contributed by atoms with Gasteiger partial charge in [0.1, 0.15) is 5.76 Å². The van der Waals surface area contributed by atoms with E-state index in [9.17, 15) is 18.0 Å². The summed E-state index contributed by atoms with van der Waals surface area (Å²) in [7, 11) is -3.86. The summed E-state index contributed by atoms with van der Waals surface area (Å²) in [6.45, 7) is 1.01. The zero-order valence-electron chi connectivity index (χ0n) is 18.8. The van der Waals surface area contributed by atoms with E-state index in [-0.39, 0.29) is 35.9 Å². The Morgan fingerprint density at radius 3 is 2.54 bits per heavy atom. The summed E-state index contributed by atoms with van der Waals surface area (Å²) in [5.74, 6) is 0.628. The maximum atomic E-state index is 12.7. The molecule has 184 valence electrons. The normalized spacial score (nSPS) is 13.0. The molecule has 2 amide bonds. The van der Waals surface area contributed by atoms with Crippen molar-refractivity contribution in [3.05, 3.63) is 72.2 Å². The van der Waals surface area contributed by atoms with Gasteiger partial charge in [0.05, 0.1) is 42.2 Å². The quantitative estimate of drug-likeness (QED) is 0.412. The monoisotopic (exact) mass is 499 g/mol. The Morgan fingerprint density at radius 2 is 1.74 bits per heavy atom. The second kappa shape index (κ2) is 11.1. The summed E-state index contributed by atoms with van der Waals surface area (Å²) in [4.78, 5) is 25.0. The molecule has 3 N–H and O–H groups in total. The smallest absolute Gasteiger partial charge is 0.253 e. The molecule has 11 heteroatoms. The summed E-state index contributed by atoms with van der Waals surface area (Å²) < 4.78 is 44.0. The first-order valence-electron chi connectivity index (χ1n) is 11.0. The zero-order chi connectivity index (χ0) is 24.7. The van der Waals surface area contributed by atoms with Crippen LogP contribution in [0.3, 0.4) is 0 Å². The van der Waals surface area contributed by atoms with Gasteiger partial charge >= 0.3 is 0 Å². The van der Waals surface area contributed by atoms with Gasteiger partial charge in [-0.2, -0.15) is 0 Å². The van der Waals surface area contributed by atoms with Gasteiger partial charge in [-0.05, 0) is 36.4 Å². The van der Waals surface area contributed by atoms with E-state index in [1.165, 1.54) is 18.4 Å². The average molecular weight is 500 g/mol. The number of nitrogens with one attached hydrogen (secondary N) is 3. The van der Waals surface area contributed by atoms with Crippen molar-refractivity contribution in [1.82, 2.24) is 10.0 Å². The number of hydrogen-bond donors (Lipinski definition) is 3. The maximum Gasteiger partial charge on any atom is 0.253 e. The van der Waals surface area contributed by atoms with Gasteiger partial charge in [0.2, 0.25) is 15.9 Å². The van der Waals surface area contributed by atoms with E-state index in [1.807, 2.05) is 0 Å². The number of sulfonamides is 1. The topological polar surface area (TPSA) is 136 Å². The van der Waals surface area contributed by atoms with E-state index in [0.717, 1.165) is 0 Å². The lowest BCUT2D eigenvalue weighted by atomic mass is 10.1. The van der Waals surface area contributed by atoms with Gasteiger partial charge in [0.15, 0.2) is 11.5 Å². The Kier molecular flexibility index (Phi) is 7.68. The lowest BCUT2D eigenvalue weighted by Gasteiger charge is -2.12. The van der Waals surface area contributed by atoms with Crippen molar-refractivity contribution in [3.8, 4) is 11.5 Å². The molecule has 4 rings (SSSR count). The van der Waals surface area contributed by atoms with E-state index in [1.54, 1.807) is 42.5 Å².